The predicted octanol–water partition coefficient (Wildman–Crippen LogP) is 25.5. The molecule has 484 valence electrons. The van der Waals surface area contributed by atoms with Crippen LogP contribution >= 0.6 is 0 Å². The Kier molecular flexibility index (Phi) is 69.1. The number of hydrogen-bond acceptors (Lipinski definition) is 6. The van der Waals surface area contributed by atoms with E-state index in [1.54, 1.807) is 0 Å². The molecule has 1 unspecified atom stereocenters. The molecule has 0 fully saturated rings. The van der Waals surface area contributed by atoms with Crippen LogP contribution in [0.25, 0.3) is 0 Å². The van der Waals surface area contributed by atoms with Crippen molar-refractivity contribution in [1.29, 1.82) is 0 Å². The van der Waals surface area contributed by atoms with Crippen LogP contribution < -0.4 is 0 Å². The molecule has 1 atom stereocenters. The molecule has 6 heteroatoms. The Labute approximate surface area is 517 Å². The van der Waals surface area contributed by atoms with Crippen LogP contribution in [0.15, 0.2) is 60.8 Å². The van der Waals surface area contributed by atoms with Crippen molar-refractivity contribution in [2.24, 2.45) is 0 Å². The fourth-order valence-electron chi connectivity index (χ4n) is 11.1. The molecule has 0 radical (unpaired) electrons. The van der Waals surface area contributed by atoms with Crippen LogP contribution in [-0.4, -0.2) is 37.2 Å². The highest BCUT2D eigenvalue weighted by Crippen LogP contribution is 2.19. The largest absolute Gasteiger partial charge is 0.462 e. The first kappa shape index (κ1) is 80.1. The summed E-state index contributed by atoms with van der Waals surface area (Å²) in [7, 11) is 0. The topological polar surface area (TPSA) is 78.9 Å². The predicted molar refractivity (Wildman–Crippen MR) is 362 cm³/mol. The second-order valence-electron chi connectivity index (χ2n) is 24.8. The maximum absolute atomic E-state index is 13.0. The highest BCUT2D eigenvalue weighted by Gasteiger charge is 2.19. The summed E-state index contributed by atoms with van der Waals surface area (Å²) in [4.78, 5) is 38.5. The van der Waals surface area contributed by atoms with Crippen LogP contribution in [0.3, 0.4) is 0 Å². The number of ether oxygens (including phenoxy) is 3. The number of carbonyl (C=O) groups excluding carboxylic acids is 3. The minimum Gasteiger partial charge on any atom is -0.462 e. The van der Waals surface area contributed by atoms with E-state index in [0.29, 0.717) is 19.3 Å². The Morgan fingerprint density at radius 1 is 0.253 bits per heavy atom. The average Bonchev–Trinajstić information content (AvgIpc) is 3.50. The van der Waals surface area contributed by atoms with Crippen LogP contribution in [0, 0.1) is 0 Å². The summed E-state index contributed by atoms with van der Waals surface area (Å²) in [6, 6.07) is 0. The van der Waals surface area contributed by atoms with Gasteiger partial charge in [0.25, 0.3) is 0 Å². The van der Waals surface area contributed by atoms with Crippen molar-refractivity contribution < 1.29 is 28.6 Å². The second kappa shape index (κ2) is 71.6. The minimum absolute atomic E-state index is 0.0699. The molecule has 0 spiro atoms. The van der Waals surface area contributed by atoms with Gasteiger partial charge in [-0.3, -0.25) is 14.4 Å². The monoisotopic (exact) mass is 1160 g/mol. The van der Waals surface area contributed by atoms with Crippen LogP contribution in [-0.2, 0) is 28.6 Å². The lowest BCUT2D eigenvalue weighted by molar-refractivity contribution is -0.167. The number of rotatable bonds is 68. The molecular formula is C77H140O6. The summed E-state index contributed by atoms with van der Waals surface area (Å²) < 4.78 is 17.0. The lowest BCUT2D eigenvalue weighted by Crippen LogP contribution is -2.30. The van der Waals surface area contributed by atoms with Crippen molar-refractivity contribution in [2.45, 2.75) is 399 Å². The molecule has 0 aliphatic carbocycles. The number of carbonyl (C=O) groups is 3. The highest BCUT2D eigenvalue weighted by atomic mass is 16.6. The molecule has 0 N–H and O–H groups in total. The van der Waals surface area contributed by atoms with Crippen molar-refractivity contribution in [2.75, 3.05) is 13.2 Å². The van der Waals surface area contributed by atoms with E-state index in [9.17, 15) is 14.4 Å². The van der Waals surface area contributed by atoms with E-state index in [1.165, 1.54) is 257 Å². The summed E-state index contributed by atoms with van der Waals surface area (Å²) >= 11 is 0. The smallest absolute Gasteiger partial charge is 0.306 e. The van der Waals surface area contributed by atoms with Gasteiger partial charge in [-0.05, 0) is 64.2 Å². The van der Waals surface area contributed by atoms with E-state index in [1.807, 2.05) is 0 Å². The zero-order valence-corrected chi connectivity index (χ0v) is 55.7. The molecular weight excluding hydrogens is 1020 g/mol. The highest BCUT2D eigenvalue weighted by molar-refractivity contribution is 5.71. The van der Waals surface area contributed by atoms with Gasteiger partial charge in [-0.15, -0.1) is 0 Å². The molecule has 0 aliphatic rings. The van der Waals surface area contributed by atoms with Gasteiger partial charge in [0.05, 0.1) is 0 Å². The third-order valence-corrected chi connectivity index (χ3v) is 16.5. The minimum atomic E-state index is -0.775. The molecule has 0 bridgehead atoms. The van der Waals surface area contributed by atoms with Crippen LogP contribution in [0.1, 0.15) is 393 Å². The standard InChI is InChI=1S/C77H140O6/c1-4-7-10-13-16-19-22-25-28-31-33-35-37-39-41-42-44-46-49-52-55-58-61-64-67-70-76(79)82-73-74(72-81-75(78)69-66-63-60-57-54-51-48-30-27-24-21-18-15-12-9-6-3)83-77(80)71-68-65-62-59-56-53-50-47-45-43-40-38-36-34-32-29-26-23-20-17-14-11-8-5-2/h7,10,16,19,25,28,33,35,39,41,74H,4-6,8-9,11-15,17-18,20-24,26-27,29-32,34,36-38,40,42-73H2,1-3H3/b10-7-,19-16-,28-25-,35-33-,41-39-. The van der Waals surface area contributed by atoms with Crippen molar-refractivity contribution in [3.05, 3.63) is 60.8 Å². The molecule has 83 heavy (non-hydrogen) atoms. The molecule has 0 aromatic heterocycles. The molecule has 0 amide bonds. The van der Waals surface area contributed by atoms with Crippen LogP contribution in [0.4, 0.5) is 0 Å². The molecule has 0 aliphatic heterocycles. The molecule has 0 rings (SSSR count). The third kappa shape index (κ3) is 69.8. The summed E-state index contributed by atoms with van der Waals surface area (Å²) in [6.07, 6.45) is 92.5. The average molecular weight is 1160 g/mol. The Morgan fingerprint density at radius 3 is 0.735 bits per heavy atom. The first-order valence-electron chi connectivity index (χ1n) is 36.8. The van der Waals surface area contributed by atoms with Crippen LogP contribution in [0.5, 0.6) is 0 Å². The van der Waals surface area contributed by atoms with Crippen molar-refractivity contribution >= 4 is 17.9 Å². The van der Waals surface area contributed by atoms with Gasteiger partial charge in [0, 0.05) is 19.3 Å². The normalized spacial score (nSPS) is 12.4. The Morgan fingerprint density at radius 2 is 0.470 bits per heavy atom. The summed E-state index contributed by atoms with van der Waals surface area (Å²) in [5, 5.41) is 0. The SMILES string of the molecule is CC/C=C\C/C=C\C/C=C\C/C=C\C/C=C\CCCCCCCCCCCC(=O)OCC(COC(=O)CCCCCCCCCCCCCCCCCC)OC(=O)CCCCCCCCCCCCCCCCCCCCCCCCCC. The Hall–Kier alpha value is -2.89. The fraction of sp³-hybridized carbons (Fsp3) is 0.831. The molecule has 0 saturated carbocycles. The zero-order valence-electron chi connectivity index (χ0n) is 55.7. The van der Waals surface area contributed by atoms with Gasteiger partial charge in [-0.25, -0.2) is 0 Å². The van der Waals surface area contributed by atoms with Gasteiger partial charge in [0.1, 0.15) is 13.2 Å². The lowest BCUT2D eigenvalue weighted by atomic mass is 10.0. The number of esters is 3. The maximum atomic E-state index is 13.0. The molecule has 0 aromatic rings. The first-order chi connectivity index (χ1) is 41.0. The second-order valence-corrected chi connectivity index (χ2v) is 24.8. The van der Waals surface area contributed by atoms with Crippen molar-refractivity contribution in [3.63, 3.8) is 0 Å². The molecule has 0 saturated heterocycles. The van der Waals surface area contributed by atoms with Gasteiger partial charge >= 0.3 is 17.9 Å². The van der Waals surface area contributed by atoms with E-state index < -0.39 is 6.10 Å². The number of unbranched alkanes of at least 4 members (excludes halogenated alkanes) is 47. The van der Waals surface area contributed by atoms with Gasteiger partial charge in [0.15, 0.2) is 6.10 Å². The van der Waals surface area contributed by atoms with Gasteiger partial charge in [-0.2, -0.15) is 0 Å². The van der Waals surface area contributed by atoms with Crippen molar-refractivity contribution in [1.82, 2.24) is 0 Å². The molecule has 6 nitrogen and oxygen atoms in total. The van der Waals surface area contributed by atoms with Gasteiger partial charge < -0.3 is 14.2 Å². The van der Waals surface area contributed by atoms with Crippen molar-refractivity contribution in [3.8, 4) is 0 Å². The van der Waals surface area contributed by atoms with E-state index in [0.717, 1.165) is 96.3 Å². The lowest BCUT2D eigenvalue weighted by Gasteiger charge is -2.18. The molecule has 0 aromatic carbocycles. The number of hydrogen-bond donors (Lipinski definition) is 0. The zero-order chi connectivity index (χ0) is 59.9. The quantitative estimate of drug-likeness (QED) is 0.0261. The maximum Gasteiger partial charge on any atom is 0.306 e. The van der Waals surface area contributed by atoms with E-state index >= 15 is 0 Å². The summed E-state index contributed by atoms with van der Waals surface area (Å²) in [5.74, 6) is -0.846. The Bertz CT molecular complexity index is 1470. The summed E-state index contributed by atoms with van der Waals surface area (Å²) in [5.41, 5.74) is 0. The van der Waals surface area contributed by atoms with Crippen LogP contribution in [0.2, 0.25) is 0 Å². The van der Waals surface area contributed by atoms with Gasteiger partial charge in [-0.1, -0.05) is 370 Å². The van der Waals surface area contributed by atoms with E-state index in [4.69, 9.17) is 14.2 Å². The van der Waals surface area contributed by atoms with E-state index in [2.05, 4.69) is 81.5 Å². The fourth-order valence-corrected chi connectivity index (χ4v) is 11.1. The number of allylic oxidation sites excluding steroid dienone is 10. The Balaban J connectivity index is 4.30. The third-order valence-electron chi connectivity index (χ3n) is 16.5. The summed E-state index contributed by atoms with van der Waals surface area (Å²) in [6.45, 7) is 6.60. The molecule has 0 heterocycles. The van der Waals surface area contributed by atoms with E-state index in [-0.39, 0.29) is 31.1 Å². The first-order valence-corrected chi connectivity index (χ1v) is 36.8. The van der Waals surface area contributed by atoms with Gasteiger partial charge in [0.2, 0.25) is 0 Å².